The predicted octanol–water partition coefficient (Wildman–Crippen LogP) is 1.14. The lowest BCUT2D eigenvalue weighted by molar-refractivity contribution is -0.136. The number of fused-ring (bicyclic) bond motifs is 3. The second-order valence-electron chi connectivity index (χ2n) is 11.5. The molecule has 4 saturated heterocycles. The van der Waals surface area contributed by atoms with E-state index in [9.17, 15) is 14.4 Å². The molecule has 5 atom stereocenters. The third-order valence-corrected chi connectivity index (χ3v) is 7.82. The summed E-state index contributed by atoms with van der Waals surface area (Å²) in [5.41, 5.74) is -0.165. The molecule has 3 amide bonds. The number of likely N-dealkylation sites (tertiary alicyclic amines) is 3. The fourth-order valence-electron chi connectivity index (χ4n) is 6.11. The number of hydrogen-bond acceptors (Lipinski definition) is 7. The second kappa shape index (κ2) is 8.43. The van der Waals surface area contributed by atoms with Crippen LogP contribution in [0.3, 0.4) is 0 Å². The molecule has 36 heavy (non-hydrogen) atoms. The minimum absolute atomic E-state index is 0.00723. The molecule has 0 spiro atoms. The molecule has 6 rings (SSSR count). The molecule has 0 bridgehead atoms. The van der Waals surface area contributed by atoms with E-state index in [1.54, 1.807) is 27.8 Å². The number of nitrogens with zero attached hydrogens (tertiary/aromatic N) is 6. The predicted molar refractivity (Wildman–Crippen MR) is 127 cm³/mol. The molecule has 6 heterocycles. The first kappa shape index (κ1) is 23.2. The molecule has 4 aliphatic rings. The van der Waals surface area contributed by atoms with Crippen LogP contribution >= 0.6 is 0 Å². The Bertz CT molecular complexity index is 1160. The first-order chi connectivity index (χ1) is 17.2. The van der Waals surface area contributed by atoms with E-state index in [-0.39, 0.29) is 47.7 Å². The van der Waals surface area contributed by atoms with Crippen LogP contribution in [0.4, 0.5) is 4.79 Å². The molecule has 0 radical (unpaired) electrons. The summed E-state index contributed by atoms with van der Waals surface area (Å²) in [5, 5.41) is 0. The van der Waals surface area contributed by atoms with Gasteiger partial charge in [0.15, 0.2) is 0 Å². The maximum absolute atomic E-state index is 13.5. The largest absolute Gasteiger partial charge is 0.444 e. The maximum atomic E-state index is 13.5. The van der Waals surface area contributed by atoms with Crippen molar-refractivity contribution in [2.75, 3.05) is 45.9 Å². The van der Waals surface area contributed by atoms with Crippen molar-refractivity contribution in [3.05, 3.63) is 30.4 Å². The van der Waals surface area contributed by atoms with Crippen LogP contribution in [-0.2, 0) is 14.3 Å². The van der Waals surface area contributed by atoms with Gasteiger partial charge in [0.2, 0.25) is 11.7 Å². The van der Waals surface area contributed by atoms with Gasteiger partial charge in [0, 0.05) is 69.1 Å². The van der Waals surface area contributed by atoms with Crippen LogP contribution in [0, 0.1) is 23.7 Å². The third kappa shape index (κ3) is 4.08. The fourth-order valence-corrected chi connectivity index (χ4v) is 6.11. The summed E-state index contributed by atoms with van der Waals surface area (Å²) in [7, 11) is 0. The van der Waals surface area contributed by atoms with Crippen molar-refractivity contribution in [2.24, 2.45) is 23.7 Å². The zero-order valence-electron chi connectivity index (χ0n) is 20.9. The summed E-state index contributed by atoms with van der Waals surface area (Å²) in [4.78, 5) is 53.0. The van der Waals surface area contributed by atoms with Crippen LogP contribution in [0.25, 0.3) is 5.78 Å². The monoisotopic (exact) mass is 496 g/mol. The SMILES string of the molecule is CC(C)(C)OC(=O)N1C[C@H]2[C@@H](C1)OC[C@H]2C(=O)N1C[C@H]2CN(C(=O)c3cn4cccnc4n3)C[C@H]2C1. The van der Waals surface area contributed by atoms with Crippen LogP contribution in [0.1, 0.15) is 31.3 Å². The molecule has 0 saturated carbocycles. The Morgan fingerprint density at radius 1 is 1.00 bits per heavy atom. The molecule has 0 N–H and O–H groups in total. The second-order valence-corrected chi connectivity index (χ2v) is 11.5. The molecule has 4 aliphatic heterocycles. The van der Waals surface area contributed by atoms with Gasteiger partial charge in [-0.3, -0.25) is 14.0 Å². The number of aromatic nitrogens is 3. The highest BCUT2D eigenvalue weighted by molar-refractivity contribution is 5.93. The van der Waals surface area contributed by atoms with Gasteiger partial charge in [0.05, 0.1) is 25.2 Å². The van der Waals surface area contributed by atoms with E-state index in [4.69, 9.17) is 9.47 Å². The van der Waals surface area contributed by atoms with Crippen molar-refractivity contribution in [3.8, 4) is 0 Å². The molecular weight excluding hydrogens is 464 g/mol. The van der Waals surface area contributed by atoms with E-state index >= 15 is 0 Å². The number of carbonyl (C=O) groups is 3. The van der Waals surface area contributed by atoms with Crippen molar-refractivity contribution in [1.29, 1.82) is 0 Å². The van der Waals surface area contributed by atoms with Crippen LogP contribution < -0.4 is 0 Å². The zero-order valence-corrected chi connectivity index (χ0v) is 20.9. The topological polar surface area (TPSA) is 110 Å². The number of hydrogen-bond donors (Lipinski definition) is 0. The first-order valence-corrected chi connectivity index (χ1v) is 12.6. The van der Waals surface area contributed by atoms with E-state index in [0.717, 1.165) is 0 Å². The summed E-state index contributed by atoms with van der Waals surface area (Å²) in [5.74, 6) is 0.782. The number of ether oxygens (including phenoxy) is 2. The standard InChI is InChI=1S/C25H32N6O5/c1-25(2,3)36-24(34)31-11-17-18(14-35-20(17)13-31)21(32)29-7-15-9-30(10-16(15)8-29)22(33)19-12-28-6-4-5-26-23(28)27-19/h4-6,12,15-18,20H,7-11,13-14H2,1-3H3/t15-,16+,17-,18-,20-/m1/s1. The van der Waals surface area contributed by atoms with E-state index in [1.165, 1.54) is 0 Å². The highest BCUT2D eigenvalue weighted by atomic mass is 16.6. The Balaban J connectivity index is 1.05. The van der Waals surface area contributed by atoms with Crippen molar-refractivity contribution < 1.29 is 23.9 Å². The lowest BCUT2D eigenvalue weighted by Crippen LogP contribution is -2.42. The van der Waals surface area contributed by atoms with Gasteiger partial charge in [-0.15, -0.1) is 0 Å². The van der Waals surface area contributed by atoms with Gasteiger partial charge in [0.1, 0.15) is 11.3 Å². The molecule has 11 heteroatoms. The quantitative estimate of drug-likeness (QED) is 0.613. The average Bonchev–Trinajstić information content (AvgIpc) is 3.61. The Hall–Kier alpha value is -3.21. The van der Waals surface area contributed by atoms with Gasteiger partial charge >= 0.3 is 6.09 Å². The molecule has 0 aromatic carbocycles. The molecule has 2 aromatic heterocycles. The Morgan fingerprint density at radius 3 is 2.42 bits per heavy atom. The summed E-state index contributed by atoms with van der Waals surface area (Å²) >= 11 is 0. The van der Waals surface area contributed by atoms with Crippen molar-refractivity contribution >= 4 is 23.7 Å². The number of carbonyl (C=O) groups excluding carboxylic acids is 3. The maximum Gasteiger partial charge on any atom is 0.410 e. The van der Waals surface area contributed by atoms with E-state index in [2.05, 4.69) is 9.97 Å². The zero-order chi connectivity index (χ0) is 25.2. The summed E-state index contributed by atoms with van der Waals surface area (Å²) in [6.07, 6.45) is 4.71. The minimum Gasteiger partial charge on any atom is -0.444 e. The highest BCUT2D eigenvalue weighted by Gasteiger charge is 2.52. The van der Waals surface area contributed by atoms with Crippen LogP contribution in [-0.4, -0.2) is 105 Å². The molecule has 4 fully saturated rings. The van der Waals surface area contributed by atoms with Crippen LogP contribution in [0.5, 0.6) is 0 Å². The van der Waals surface area contributed by atoms with Crippen LogP contribution in [0.2, 0.25) is 0 Å². The summed E-state index contributed by atoms with van der Waals surface area (Å²) in [6, 6.07) is 1.80. The van der Waals surface area contributed by atoms with E-state index in [0.29, 0.717) is 57.3 Å². The summed E-state index contributed by atoms with van der Waals surface area (Å²) in [6.45, 7) is 9.40. The molecule has 0 aliphatic carbocycles. The normalized spacial score (nSPS) is 29.6. The molecule has 0 unspecified atom stereocenters. The van der Waals surface area contributed by atoms with Gasteiger partial charge in [-0.05, 0) is 26.8 Å². The molecule has 11 nitrogen and oxygen atoms in total. The van der Waals surface area contributed by atoms with Crippen LogP contribution in [0.15, 0.2) is 24.7 Å². The Labute approximate surface area is 209 Å². The number of imidazole rings is 1. The van der Waals surface area contributed by atoms with E-state index in [1.807, 2.05) is 36.8 Å². The lowest BCUT2D eigenvalue weighted by atomic mass is 9.92. The third-order valence-electron chi connectivity index (χ3n) is 7.82. The molecule has 192 valence electrons. The molecule has 2 aromatic rings. The number of amides is 3. The fraction of sp³-hybridized carbons (Fsp3) is 0.640. The van der Waals surface area contributed by atoms with Crippen molar-refractivity contribution in [2.45, 2.75) is 32.5 Å². The van der Waals surface area contributed by atoms with Crippen molar-refractivity contribution in [1.82, 2.24) is 29.1 Å². The highest BCUT2D eigenvalue weighted by Crippen LogP contribution is 2.38. The van der Waals surface area contributed by atoms with Gasteiger partial charge in [0.25, 0.3) is 5.91 Å². The Kier molecular flexibility index (Phi) is 5.43. The van der Waals surface area contributed by atoms with Gasteiger partial charge < -0.3 is 24.2 Å². The van der Waals surface area contributed by atoms with Gasteiger partial charge in [-0.2, -0.15) is 0 Å². The number of rotatable bonds is 2. The smallest absolute Gasteiger partial charge is 0.410 e. The molecular formula is C25H32N6O5. The average molecular weight is 497 g/mol. The summed E-state index contributed by atoms with van der Waals surface area (Å²) < 4.78 is 13.2. The van der Waals surface area contributed by atoms with E-state index < -0.39 is 5.60 Å². The Morgan fingerprint density at radius 2 is 1.72 bits per heavy atom. The van der Waals surface area contributed by atoms with Gasteiger partial charge in [-0.1, -0.05) is 0 Å². The van der Waals surface area contributed by atoms with Crippen molar-refractivity contribution in [3.63, 3.8) is 0 Å². The first-order valence-electron chi connectivity index (χ1n) is 12.6. The lowest BCUT2D eigenvalue weighted by Gasteiger charge is -2.27. The van der Waals surface area contributed by atoms with Gasteiger partial charge in [-0.25, -0.2) is 14.8 Å². The minimum atomic E-state index is -0.560.